The molecule has 0 radical (unpaired) electrons. The summed E-state index contributed by atoms with van der Waals surface area (Å²) in [6.07, 6.45) is 1.58. The molecular formula is C14H13N3OS. The van der Waals surface area contributed by atoms with E-state index in [4.69, 9.17) is 0 Å². The van der Waals surface area contributed by atoms with E-state index >= 15 is 0 Å². The van der Waals surface area contributed by atoms with E-state index in [0.29, 0.717) is 12.1 Å². The quantitative estimate of drug-likeness (QED) is 0.793. The summed E-state index contributed by atoms with van der Waals surface area (Å²) in [7, 11) is 0. The van der Waals surface area contributed by atoms with Crippen molar-refractivity contribution in [2.75, 3.05) is 0 Å². The first-order chi connectivity index (χ1) is 9.34. The van der Waals surface area contributed by atoms with Gasteiger partial charge in [-0.2, -0.15) is 11.3 Å². The second kappa shape index (κ2) is 5.34. The second-order valence-electron chi connectivity index (χ2n) is 4.26. The Bertz CT molecular complexity index is 634. The monoisotopic (exact) mass is 271 g/mol. The lowest BCUT2D eigenvalue weighted by molar-refractivity contribution is 0.170. The standard InChI is InChI=1S/C14H13N3OS/c18-14(8-11-6-7-19-10-11)13-9-15-16-17(13)12-4-2-1-3-5-12/h1-7,9-10,14,18H,8H2. The highest BCUT2D eigenvalue weighted by atomic mass is 32.1. The number of thiophene rings is 1. The number of rotatable bonds is 4. The van der Waals surface area contributed by atoms with E-state index in [1.54, 1.807) is 22.2 Å². The van der Waals surface area contributed by atoms with Crippen LogP contribution in [0.2, 0.25) is 0 Å². The van der Waals surface area contributed by atoms with Crippen LogP contribution in [0.1, 0.15) is 17.4 Å². The van der Waals surface area contributed by atoms with Gasteiger partial charge in [-0.3, -0.25) is 0 Å². The molecule has 2 heterocycles. The lowest BCUT2D eigenvalue weighted by atomic mass is 10.1. The number of aliphatic hydroxyl groups is 1. The summed E-state index contributed by atoms with van der Waals surface area (Å²) >= 11 is 1.63. The molecule has 0 aliphatic carbocycles. The lowest BCUT2D eigenvalue weighted by Gasteiger charge is -2.11. The Labute approximate surface area is 115 Å². The topological polar surface area (TPSA) is 50.9 Å². The fourth-order valence-electron chi connectivity index (χ4n) is 1.98. The van der Waals surface area contributed by atoms with Gasteiger partial charge in [-0.15, -0.1) is 5.10 Å². The van der Waals surface area contributed by atoms with Gasteiger partial charge in [-0.1, -0.05) is 23.4 Å². The zero-order valence-electron chi connectivity index (χ0n) is 10.2. The molecule has 0 fully saturated rings. The molecule has 0 saturated carbocycles. The predicted molar refractivity (Wildman–Crippen MR) is 74.3 cm³/mol. The van der Waals surface area contributed by atoms with Gasteiger partial charge in [-0.05, 0) is 34.5 Å². The van der Waals surface area contributed by atoms with Crippen LogP contribution in [0.4, 0.5) is 0 Å². The second-order valence-corrected chi connectivity index (χ2v) is 5.04. The molecule has 1 unspecified atom stereocenters. The smallest absolute Gasteiger partial charge is 0.102 e. The Hall–Kier alpha value is -1.98. The fourth-order valence-corrected chi connectivity index (χ4v) is 2.66. The van der Waals surface area contributed by atoms with E-state index < -0.39 is 6.10 Å². The number of hydrogen-bond acceptors (Lipinski definition) is 4. The van der Waals surface area contributed by atoms with Gasteiger partial charge in [0, 0.05) is 6.42 Å². The first-order valence-electron chi connectivity index (χ1n) is 6.00. The maximum Gasteiger partial charge on any atom is 0.102 e. The molecule has 0 aliphatic heterocycles. The Morgan fingerprint density at radius 1 is 1.21 bits per heavy atom. The molecule has 0 aliphatic rings. The molecule has 4 nitrogen and oxygen atoms in total. The van der Waals surface area contributed by atoms with E-state index in [0.717, 1.165) is 11.3 Å². The van der Waals surface area contributed by atoms with Gasteiger partial charge in [0.25, 0.3) is 0 Å². The normalized spacial score (nSPS) is 12.5. The van der Waals surface area contributed by atoms with Gasteiger partial charge < -0.3 is 5.11 Å². The van der Waals surface area contributed by atoms with E-state index in [2.05, 4.69) is 10.3 Å². The molecule has 1 atom stereocenters. The number of nitrogens with zero attached hydrogens (tertiary/aromatic N) is 3. The van der Waals surface area contributed by atoms with Crippen LogP contribution in [0.5, 0.6) is 0 Å². The highest BCUT2D eigenvalue weighted by Gasteiger charge is 2.16. The Morgan fingerprint density at radius 2 is 2.05 bits per heavy atom. The van der Waals surface area contributed by atoms with Crippen LogP contribution in [0.15, 0.2) is 53.4 Å². The molecule has 5 heteroatoms. The summed E-state index contributed by atoms with van der Waals surface area (Å²) in [4.78, 5) is 0. The first kappa shape index (κ1) is 12.1. The Kier molecular flexibility index (Phi) is 3.39. The van der Waals surface area contributed by atoms with Crippen LogP contribution in [0.3, 0.4) is 0 Å². The average molecular weight is 271 g/mol. The molecule has 0 amide bonds. The minimum absolute atomic E-state index is 0.573. The third-order valence-corrected chi connectivity index (χ3v) is 3.66. The molecule has 2 aromatic heterocycles. The zero-order chi connectivity index (χ0) is 13.1. The molecule has 0 bridgehead atoms. The summed E-state index contributed by atoms with van der Waals surface area (Å²) in [5, 5.41) is 22.3. The van der Waals surface area contributed by atoms with Crippen LogP contribution in [0.25, 0.3) is 5.69 Å². The minimum Gasteiger partial charge on any atom is -0.386 e. The van der Waals surface area contributed by atoms with Crippen molar-refractivity contribution in [1.29, 1.82) is 0 Å². The van der Waals surface area contributed by atoms with Crippen LogP contribution in [0, 0.1) is 0 Å². The molecule has 3 aromatic rings. The van der Waals surface area contributed by atoms with E-state index in [1.165, 1.54) is 0 Å². The highest BCUT2D eigenvalue weighted by molar-refractivity contribution is 7.07. The van der Waals surface area contributed by atoms with E-state index in [9.17, 15) is 5.11 Å². The van der Waals surface area contributed by atoms with Gasteiger partial charge in [0.05, 0.1) is 17.6 Å². The average Bonchev–Trinajstić information content (AvgIpc) is 3.10. The summed E-state index contributed by atoms with van der Waals surface area (Å²) < 4.78 is 1.68. The number of aromatic nitrogens is 3. The van der Waals surface area contributed by atoms with Crippen LogP contribution in [-0.2, 0) is 6.42 Å². The number of aliphatic hydroxyl groups excluding tert-OH is 1. The van der Waals surface area contributed by atoms with Crippen molar-refractivity contribution in [3.63, 3.8) is 0 Å². The molecule has 1 N–H and O–H groups in total. The predicted octanol–water partition coefficient (Wildman–Crippen LogP) is 2.60. The SMILES string of the molecule is OC(Cc1ccsc1)c1cnnn1-c1ccccc1. The summed E-state index contributed by atoms with van der Waals surface area (Å²) in [6.45, 7) is 0. The van der Waals surface area contributed by atoms with Gasteiger partial charge >= 0.3 is 0 Å². The van der Waals surface area contributed by atoms with Gasteiger partial charge in [-0.25, -0.2) is 4.68 Å². The maximum atomic E-state index is 10.3. The maximum absolute atomic E-state index is 10.3. The largest absolute Gasteiger partial charge is 0.386 e. The third kappa shape index (κ3) is 2.57. The Morgan fingerprint density at radius 3 is 2.79 bits per heavy atom. The van der Waals surface area contributed by atoms with Gasteiger partial charge in [0.15, 0.2) is 0 Å². The molecule has 1 aromatic carbocycles. The van der Waals surface area contributed by atoms with Crippen molar-refractivity contribution >= 4 is 11.3 Å². The highest BCUT2D eigenvalue weighted by Crippen LogP contribution is 2.21. The van der Waals surface area contributed by atoms with Crippen molar-refractivity contribution in [1.82, 2.24) is 15.0 Å². The molecule has 0 spiro atoms. The number of hydrogen-bond donors (Lipinski definition) is 1. The molecule has 96 valence electrons. The van der Waals surface area contributed by atoms with E-state index in [1.807, 2.05) is 47.2 Å². The van der Waals surface area contributed by atoms with Crippen molar-refractivity contribution < 1.29 is 5.11 Å². The molecule has 19 heavy (non-hydrogen) atoms. The Balaban J connectivity index is 1.88. The van der Waals surface area contributed by atoms with Crippen LogP contribution in [-0.4, -0.2) is 20.1 Å². The third-order valence-electron chi connectivity index (χ3n) is 2.93. The first-order valence-corrected chi connectivity index (χ1v) is 6.94. The van der Waals surface area contributed by atoms with Crippen LogP contribution < -0.4 is 0 Å². The number of para-hydroxylation sites is 1. The van der Waals surface area contributed by atoms with Crippen LogP contribution >= 0.6 is 11.3 Å². The lowest BCUT2D eigenvalue weighted by Crippen LogP contribution is -2.09. The molecule has 3 rings (SSSR count). The summed E-state index contributed by atoms with van der Waals surface area (Å²) in [5.41, 5.74) is 2.73. The van der Waals surface area contributed by atoms with Crippen molar-refractivity contribution in [3.8, 4) is 5.69 Å². The van der Waals surface area contributed by atoms with Crippen molar-refractivity contribution in [2.24, 2.45) is 0 Å². The van der Waals surface area contributed by atoms with E-state index in [-0.39, 0.29) is 0 Å². The van der Waals surface area contributed by atoms with Crippen molar-refractivity contribution in [2.45, 2.75) is 12.5 Å². The number of benzene rings is 1. The summed E-state index contributed by atoms with van der Waals surface area (Å²) in [5.74, 6) is 0. The molecular weight excluding hydrogens is 258 g/mol. The van der Waals surface area contributed by atoms with Gasteiger partial charge in [0.2, 0.25) is 0 Å². The zero-order valence-corrected chi connectivity index (χ0v) is 11.0. The van der Waals surface area contributed by atoms with Gasteiger partial charge in [0.1, 0.15) is 6.10 Å². The minimum atomic E-state index is -0.607. The van der Waals surface area contributed by atoms with Crippen molar-refractivity contribution in [3.05, 3.63) is 64.6 Å². The fraction of sp³-hybridized carbons (Fsp3) is 0.143. The summed E-state index contributed by atoms with van der Waals surface area (Å²) in [6, 6.07) is 11.7. The molecule has 0 saturated heterocycles.